The lowest BCUT2D eigenvalue weighted by Gasteiger charge is -2.00. The lowest BCUT2D eigenvalue weighted by Crippen LogP contribution is -2.25. The van der Waals surface area contributed by atoms with Crippen molar-refractivity contribution in [3.63, 3.8) is 0 Å². The van der Waals surface area contributed by atoms with E-state index in [1.807, 2.05) is 0 Å². The third-order valence-corrected chi connectivity index (χ3v) is 3.40. The molecule has 2 atom stereocenters. The predicted octanol–water partition coefficient (Wildman–Crippen LogP) is 0.756. The van der Waals surface area contributed by atoms with Gasteiger partial charge in [-0.25, -0.2) is 0 Å². The van der Waals surface area contributed by atoms with Crippen molar-refractivity contribution in [3.8, 4) is 0 Å². The quantitative estimate of drug-likeness (QED) is 0.583. The molecule has 1 N–H and O–H groups in total. The van der Waals surface area contributed by atoms with Gasteiger partial charge in [-0.05, 0) is 13.3 Å². The molecular weight excluding hydrogens is 160 g/mol. The number of hydrogen-bond acceptors (Lipinski definition) is 3. The largest absolute Gasteiger partial charge is 0.306 e. The van der Waals surface area contributed by atoms with Gasteiger partial charge in [0.2, 0.25) is 5.91 Å². The summed E-state index contributed by atoms with van der Waals surface area (Å²) in [6, 6.07) is 0. The summed E-state index contributed by atoms with van der Waals surface area (Å²) in [7, 11) is 0. The first-order chi connectivity index (χ1) is 5.10. The summed E-state index contributed by atoms with van der Waals surface area (Å²) in [6.45, 7) is 3.63. The van der Waals surface area contributed by atoms with Crippen LogP contribution in [0.2, 0.25) is 0 Å². The van der Waals surface area contributed by atoms with E-state index in [9.17, 15) is 4.79 Å². The van der Waals surface area contributed by atoms with Crippen molar-refractivity contribution in [2.75, 3.05) is 0 Å². The van der Waals surface area contributed by atoms with Crippen molar-refractivity contribution < 1.29 is 4.79 Å². The van der Waals surface area contributed by atoms with Crippen molar-refractivity contribution >= 4 is 22.8 Å². The van der Waals surface area contributed by atoms with Crippen LogP contribution in [0.1, 0.15) is 20.3 Å². The van der Waals surface area contributed by atoms with Crippen LogP contribution in [0.25, 0.3) is 0 Å². The van der Waals surface area contributed by atoms with E-state index >= 15 is 0 Å². The summed E-state index contributed by atoms with van der Waals surface area (Å²) in [5, 5.41) is 4.13. The van der Waals surface area contributed by atoms with Crippen LogP contribution in [0.4, 0.5) is 0 Å². The topological polar surface area (TPSA) is 41.5 Å². The van der Waals surface area contributed by atoms with Gasteiger partial charge in [0, 0.05) is 12.2 Å². The van der Waals surface area contributed by atoms with E-state index in [0.29, 0.717) is 5.25 Å². The zero-order valence-electron chi connectivity index (χ0n) is 6.55. The fraction of sp³-hybridized carbons (Fsp3) is 0.714. The zero-order valence-corrected chi connectivity index (χ0v) is 7.36. The number of carbonyl (C=O) groups is 1. The average Bonchev–Trinajstić information content (AvgIpc) is 2.30. The molecule has 1 aliphatic heterocycles. The molecule has 0 spiro atoms. The Morgan fingerprint density at radius 2 is 2.64 bits per heavy atom. The van der Waals surface area contributed by atoms with Gasteiger partial charge in [-0.15, -0.1) is 0 Å². The molecule has 3 nitrogen and oxygen atoms in total. The number of amides is 1. The van der Waals surface area contributed by atoms with Gasteiger partial charge in [-0.3, -0.25) is 9.79 Å². The molecule has 1 amide bonds. The summed E-state index contributed by atoms with van der Waals surface area (Å²) in [5.41, 5.74) is 0.155. The van der Waals surface area contributed by atoms with Gasteiger partial charge < -0.3 is 5.32 Å². The summed E-state index contributed by atoms with van der Waals surface area (Å²) < 4.78 is 0. The Kier molecular flexibility index (Phi) is 1.30. The molecule has 0 bridgehead atoms. The zero-order chi connectivity index (χ0) is 8.06. The van der Waals surface area contributed by atoms with Crippen LogP contribution in [0.3, 0.4) is 0 Å². The van der Waals surface area contributed by atoms with E-state index in [2.05, 4.69) is 17.2 Å². The van der Waals surface area contributed by atoms with E-state index in [0.717, 1.165) is 5.17 Å². The molecule has 11 heavy (non-hydrogen) atoms. The molecule has 0 aromatic carbocycles. The lowest BCUT2D eigenvalue weighted by atomic mass is 10.4. The minimum absolute atomic E-state index is 0.0267. The van der Waals surface area contributed by atoms with Crippen LogP contribution in [0, 0.1) is 0 Å². The highest BCUT2D eigenvalue weighted by atomic mass is 32.2. The third kappa shape index (κ3) is 1.15. The molecule has 1 fully saturated rings. The Labute approximate surface area is 69.6 Å². The standard InChI is InChI=1S/C7H10N2OS/c1-4(10)8-6-9-7(2)3-5(7)11-6/h5H,3H2,1-2H3,(H,8,9,10). The van der Waals surface area contributed by atoms with Crippen LogP contribution in [-0.2, 0) is 4.79 Å². The Balaban J connectivity index is 2.03. The Morgan fingerprint density at radius 3 is 3.09 bits per heavy atom. The molecule has 60 valence electrons. The molecule has 0 radical (unpaired) electrons. The number of nitrogens with one attached hydrogen (secondary N) is 1. The first-order valence-corrected chi connectivity index (χ1v) is 4.52. The number of thioether (sulfide) groups is 1. The second kappa shape index (κ2) is 2.00. The van der Waals surface area contributed by atoms with Crippen molar-refractivity contribution in [3.05, 3.63) is 0 Å². The van der Waals surface area contributed by atoms with Gasteiger partial charge in [0.25, 0.3) is 0 Å². The van der Waals surface area contributed by atoms with Crippen LogP contribution in [0.5, 0.6) is 0 Å². The monoisotopic (exact) mass is 170 g/mol. The molecule has 0 aromatic heterocycles. The number of nitrogens with zero attached hydrogens (tertiary/aromatic N) is 1. The summed E-state index contributed by atoms with van der Waals surface area (Å²) in [6.07, 6.45) is 1.17. The number of amidine groups is 1. The predicted molar refractivity (Wildman–Crippen MR) is 45.7 cm³/mol. The molecule has 2 rings (SSSR count). The molecule has 1 saturated carbocycles. The van der Waals surface area contributed by atoms with Crippen LogP contribution >= 0.6 is 11.8 Å². The van der Waals surface area contributed by atoms with E-state index < -0.39 is 0 Å². The van der Waals surface area contributed by atoms with E-state index in [4.69, 9.17) is 0 Å². The summed E-state index contributed by atoms with van der Waals surface area (Å²) in [5.74, 6) is -0.0267. The van der Waals surface area contributed by atoms with Crippen LogP contribution in [0.15, 0.2) is 4.99 Å². The third-order valence-electron chi connectivity index (χ3n) is 2.03. The Morgan fingerprint density at radius 1 is 1.91 bits per heavy atom. The summed E-state index contributed by atoms with van der Waals surface area (Å²) in [4.78, 5) is 15.0. The Bertz CT molecular complexity index is 251. The SMILES string of the molecule is CC(=O)NC1=NC2(C)CC2S1. The van der Waals surface area contributed by atoms with Crippen molar-refractivity contribution in [1.29, 1.82) is 0 Å². The molecule has 1 aliphatic carbocycles. The molecule has 4 heteroatoms. The van der Waals surface area contributed by atoms with Gasteiger partial charge in [-0.1, -0.05) is 11.8 Å². The second-order valence-corrected chi connectivity index (χ2v) is 4.46. The van der Waals surface area contributed by atoms with Gasteiger partial charge in [0.1, 0.15) is 0 Å². The summed E-state index contributed by atoms with van der Waals surface area (Å²) >= 11 is 1.68. The fourth-order valence-electron chi connectivity index (χ4n) is 1.20. The van der Waals surface area contributed by atoms with Gasteiger partial charge in [0.05, 0.1) is 5.54 Å². The first-order valence-electron chi connectivity index (χ1n) is 3.64. The highest BCUT2D eigenvalue weighted by Crippen LogP contribution is 2.53. The number of fused-ring (bicyclic) bond motifs is 1. The van der Waals surface area contributed by atoms with E-state index in [1.165, 1.54) is 13.3 Å². The van der Waals surface area contributed by atoms with Crippen molar-refractivity contribution in [2.24, 2.45) is 4.99 Å². The maximum Gasteiger partial charge on any atom is 0.222 e. The average molecular weight is 170 g/mol. The molecule has 0 saturated heterocycles. The van der Waals surface area contributed by atoms with Crippen molar-refractivity contribution in [1.82, 2.24) is 5.32 Å². The molecule has 0 aromatic rings. The van der Waals surface area contributed by atoms with Gasteiger partial charge in [-0.2, -0.15) is 0 Å². The molecular formula is C7H10N2OS. The molecule has 2 unspecified atom stereocenters. The minimum Gasteiger partial charge on any atom is -0.306 e. The number of rotatable bonds is 0. The molecule has 2 aliphatic rings. The maximum atomic E-state index is 10.6. The van der Waals surface area contributed by atoms with Crippen molar-refractivity contribution in [2.45, 2.75) is 31.1 Å². The molecule has 1 heterocycles. The minimum atomic E-state index is -0.0267. The highest BCUT2D eigenvalue weighted by Gasteiger charge is 2.56. The van der Waals surface area contributed by atoms with Gasteiger partial charge >= 0.3 is 0 Å². The van der Waals surface area contributed by atoms with Gasteiger partial charge in [0.15, 0.2) is 5.17 Å². The highest BCUT2D eigenvalue weighted by molar-refractivity contribution is 8.15. The lowest BCUT2D eigenvalue weighted by molar-refractivity contribution is -0.117. The Hall–Kier alpha value is -0.510. The fourth-order valence-corrected chi connectivity index (χ4v) is 2.66. The first kappa shape index (κ1) is 7.16. The number of aliphatic imine (C=N–C) groups is 1. The van der Waals surface area contributed by atoms with E-state index in [-0.39, 0.29) is 11.4 Å². The van der Waals surface area contributed by atoms with Crippen LogP contribution < -0.4 is 5.32 Å². The van der Waals surface area contributed by atoms with E-state index in [1.54, 1.807) is 11.8 Å². The second-order valence-electron chi connectivity index (χ2n) is 3.27. The maximum absolute atomic E-state index is 10.6. The smallest absolute Gasteiger partial charge is 0.222 e. The number of carbonyl (C=O) groups excluding carboxylic acids is 1. The number of hydrogen-bond donors (Lipinski definition) is 1. The van der Waals surface area contributed by atoms with Crippen LogP contribution in [-0.4, -0.2) is 21.9 Å². The normalized spacial score (nSPS) is 39.5.